The smallest absolute Gasteiger partial charge is 0.462 e. The van der Waals surface area contributed by atoms with Gasteiger partial charge in [-0.3, -0.25) is 18.6 Å². The number of allylic oxidation sites excluding steroid dienone is 6. The van der Waals surface area contributed by atoms with Gasteiger partial charge in [0.05, 0.1) is 13.2 Å². The van der Waals surface area contributed by atoms with Gasteiger partial charge in [0.2, 0.25) is 0 Å². The van der Waals surface area contributed by atoms with E-state index in [0.29, 0.717) is 6.42 Å². The Labute approximate surface area is 293 Å². The van der Waals surface area contributed by atoms with Gasteiger partial charge in [-0.05, 0) is 64.2 Å². The Kier molecular flexibility index (Phi) is 33.8. The molecule has 10 heteroatoms. The van der Waals surface area contributed by atoms with Crippen LogP contribution in [0.3, 0.4) is 0 Å². The van der Waals surface area contributed by atoms with E-state index in [0.717, 1.165) is 77.0 Å². The summed E-state index contributed by atoms with van der Waals surface area (Å²) in [6.45, 7) is 3.61. The van der Waals surface area contributed by atoms with E-state index < -0.39 is 32.5 Å². The van der Waals surface area contributed by atoms with Crippen LogP contribution in [0.15, 0.2) is 36.5 Å². The molecule has 0 aliphatic rings. The highest BCUT2D eigenvalue weighted by molar-refractivity contribution is 7.47. The summed E-state index contributed by atoms with van der Waals surface area (Å²) >= 11 is 0. The van der Waals surface area contributed by atoms with Gasteiger partial charge in [0.25, 0.3) is 0 Å². The van der Waals surface area contributed by atoms with Crippen molar-refractivity contribution < 1.29 is 37.6 Å². The zero-order valence-electron chi connectivity index (χ0n) is 30.5. The Balaban J connectivity index is 4.22. The van der Waals surface area contributed by atoms with Crippen molar-refractivity contribution >= 4 is 19.8 Å². The molecule has 0 aromatic carbocycles. The average molecular weight is 700 g/mol. The van der Waals surface area contributed by atoms with Gasteiger partial charge in [-0.2, -0.15) is 0 Å². The van der Waals surface area contributed by atoms with Crippen LogP contribution in [0.25, 0.3) is 0 Å². The minimum atomic E-state index is -4.37. The topological polar surface area (TPSA) is 134 Å². The molecule has 0 radical (unpaired) electrons. The molecule has 0 aliphatic carbocycles. The molecule has 0 rings (SSSR count). The average Bonchev–Trinajstić information content (AvgIpc) is 3.07. The molecule has 0 aromatic heterocycles. The standard InChI is InChI=1S/C38H70NO8P/c1-3-5-7-9-11-13-15-16-17-18-19-20-21-23-25-27-29-31-38(41)47-36(35-46-48(42,43)45-33-32-39)34-44-37(40)30-28-26-24-22-14-12-10-8-6-4-2/h8,10-11,13,16-17,36H,3-7,9,12,14-15,18-35,39H2,1-2H3,(H,42,43)/b10-8-,13-11-,17-16-. The number of nitrogens with two attached hydrogens (primary N) is 1. The summed E-state index contributed by atoms with van der Waals surface area (Å²) in [5.41, 5.74) is 5.32. The Morgan fingerprint density at radius 3 is 1.69 bits per heavy atom. The van der Waals surface area contributed by atoms with Crippen LogP contribution in [0, 0.1) is 0 Å². The van der Waals surface area contributed by atoms with Crippen LogP contribution in [0.2, 0.25) is 0 Å². The van der Waals surface area contributed by atoms with Gasteiger partial charge >= 0.3 is 19.8 Å². The van der Waals surface area contributed by atoms with Crippen molar-refractivity contribution in [2.45, 2.75) is 168 Å². The maximum Gasteiger partial charge on any atom is 0.472 e. The van der Waals surface area contributed by atoms with Crippen LogP contribution in [0.1, 0.15) is 162 Å². The molecule has 0 aromatic rings. The summed E-state index contributed by atoms with van der Waals surface area (Å²) < 4.78 is 32.6. The summed E-state index contributed by atoms with van der Waals surface area (Å²) in [5, 5.41) is 0. The Bertz CT molecular complexity index is 892. The SMILES string of the molecule is CCC/C=C\CCCCCCCC(=O)OCC(COP(=O)(O)OCCN)OC(=O)CCCCCCCCC/C=C\C/C=C\CCCCC. The maximum absolute atomic E-state index is 12.5. The van der Waals surface area contributed by atoms with Crippen LogP contribution < -0.4 is 5.73 Å². The summed E-state index contributed by atoms with van der Waals surface area (Å²) in [4.78, 5) is 34.6. The molecule has 0 spiro atoms. The van der Waals surface area contributed by atoms with Gasteiger partial charge in [-0.15, -0.1) is 0 Å². The monoisotopic (exact) mass is 699 g/mol. The van der Waals surface area contributed by atoms with E-state index in [4.69, 9.17) is 24.3 Å². The van der Waals surface area contributed by atoms with E-state index in [9.17, 15) is 19.0 Å². The Hall–Kier alpha value is -1.77. The number of hydrogen-bond donors (Lipinski definition) is 2. The largest absolute Gasteiger partial charge is 0.472 e. The molecule has 0 heterocycles. The number of phosphoric acid groups is 1. The van der Waals surface area contributed by atoms with E-state index in [-0.39, 0.29) is 32.6 Å². The molecule has 280 valence electrons. The number of unbranched alkanes of at least 4 members (excludes halogenated alkanes) is 16. The number of phosphoric ester groups is 1. The first-order valence-corrected chi connectivity index (χ1v) is 20.5. The lowest BCUT2D eigenvalue weighted by molar-refractivity contribution is -0.161. The number of ether oxygens (including phenoxy) is 2. The van der Waals surface area contributed by atoms with Crippen LogP contribution in [-0.2, 0) is 32.7 Å². The number of carbonyl (C=O) groups is 2. The third-order valence-electron chi connectivity index (χ3n) is 7.73. The number of esters is 2. The molecule has 0 amide bonds. The molecule has 9 nitrogen and oxygen atoms in total. The minimum Gasteiger partial charge on any atom is -0.462 e. The van der Waals surface area contributed by atoms with Crippen molar-refractivity contribution in [3.63, 3.8) is 0 Å². The fraction of sp³-hybridized carbons (Fsp3) is 0.789. The van der Waals surface area contributed by atoms with E-state index in [2.05, 4.69) is 50.3 Å². The van der Waals surface area contributed by atoms with E-state index >= 15 is 0 Å². The van der Waals surface area contributed by atoms with Gasteiger partial charge in [-0.1, -0.05) is 121 Å². The van der Waals surface area contributed by atoms with Crippen molar-refractivity contribution in [2.24, 2.45) is 5.73 Å². The van der Waals surface area contributed by atoms with Gasteiger partial charge in [0, 0.05) is 19.4 Å². The highest BCUT2D eigenvalue weighted by Crippen LogP contribution is 2.43. The van der Waals surface area contributed by atoms with E-state index in [1.165, 1.54) is 51.4 Å². The number of hydrogen-bond acceptors (Lipinski definition) is 8. The lowest BCUT2D eigenvalue weighted by atomic mass is 10.1. The highest BCUT2D eigenvalue weighted by Gasteiger charge is 2.25. The van der Waals surface area contributed by atoms with E-state index in [1.54, 1.807) is 0 Å². The second-order valence-corrected chi connectivity index (χ2v) is 13.9. The summed E-state index contributed by atoms with van der Waals surface area (Å²) in [5.74, 6) is -0.853. The lowest BCUT2D eigenvalue weighted by Gasteiger charge is -2.19. The minimum absolute atomic E-state index is 0.0502. The van der Waals surface area contributed by atoms with Crippen molar-refractivity contribution in [1.82, 2.24) is 0 Å². The van der Waals surface area contributed by atoms with Crippen LogP contribution in [-0.4, -0.2) is 49.3 Å². The molecule has 0 fully saturated rings. The molecule has 3 N–H and O–H groups in total. The molecule has 0 bridgehead atoms. The van der Waals surface area contributed by atoms with E-state index in [1.807, 2.05) is 0 Å². The zero-order chi connectivity index (χ0) is 35.4. The van der Waals surface area contributed by atoms with Gasteiger partial charge in [-0.25, -0.2) is 4.57 Å². The third kappa shape index (κ3) is 34.1. The fourth-order valence-corrected chi connectivity index (χ4v) is 5.67. The molecule has 0 saturated heterocycles. The Morgan fingerprint density at radius 1 is 0.625 bits per heavy atom. The van der Waals surface area contributed by atoms with Gasteiger partial charge in [0.15, 0.2) is 6.10 Å². The number of rotatable bonds is 35. The van der Waals surface area contributed by atoms with Gasteiger partial charge in [0.1, 0.15) is 6.61 Å². The predicted octanol–water partition coefficient (Wildman–Crippen LogP) is 10.2. The first-order chi connectivity index (χ1) is 23.3. The lowest BCUT2D eigenvalue weighted by Crippen LogP contribution is -2.29. The van der Waals surface area contributed by atoms with Crippen LogP contribution in [0.4, 0.5) is 0 Å². The molecular weight excluding hydrogens is 629 g/mol. The highest BCUT2D eigenvalue weighted by atomic mass is 31.2. The zero-order valence-corrected chi connectivity index (χ0v) is 31.4. The third-order valence-corrected chi connectivity index (χ3v) is 8.71. The maximum atomic E-state index is 12.5. The van der Waals surface area contributed by atoms with Crippen molar-refractivity contribution in [3.05, 3.63) is 36.5 Å². The van der Waals surface area contributed by atoms with Crippen LogP contribution in [0.5, 0.6) is 0 Å². The normalized spacial score (nSPS) is 13.8. The molecule has 0 saturated carbocycles. The predicted molar refractivity (Wildman–Crippen MR) is 197 cm³/mol. The first kappa shape index (κ1) is 46.2. The second-order valence-electron chi connectivity index (χ2n) is 12.4. The molecule has 0 aliphatic heterocycles. The fourth-order valence-electron chi connectivity index (χ4n) is 4.90. The molecule has 2 unspecified atom stereocenters. The summed E-state index contributed by atoms with van der Waals surface area (Å²) in [6.07, 6.45) is 36.0. The molecule has 2 atom stereocenters. The molecule has 48 heavy (non-hydrogen) atoms. The first-order valence-electron chi connectivity index (χ1n) is 19.0. The summed E-state index contributed by atoms with van der Waals surface area (Å²) in [6, 6.07) is 0. The van der Waals surface area contributed by atoms with Crippen molar-refractivity contribution in [3.8, 4) is 0 Å². The molecular formula is C38H70NO8P. The summed E-state index contributed by atoms with van der Waals surface area (Å²) in [7, 11) is -4.37. The van der Waals surface area contributed by atoms with Crippen molar-refractivity contribution in [2.75, 3.05) is 26.4 Å². The van der Waals surface area contributed by atoms with Crippen molar-refractivity contribution in [1.29, 1.82) is 0 Å². The van der Waals surface area contributed by atoms with Gasteiger partial charge < -0.3 is 20.1 Å². The van der Waals surface area contributed by atoms with Crippen LogP contribution >= 0.6 is 7.82 Å². The Morgan fingerprint density at radius 2 is 1.12 bits per heavy atom. The number of carbonyl (C=O) groups excluding carboxylic acids is 2. The second kappa shape index (κ2) is 35.1. The quantitative estimate of drug-likeness (QED) is 0.0287.